The normalized spacial score (nSPS) is 11.4. The van der Waals surface area contributed by atoms with Crippen molar-refractivity contribution in [1.82, 2.24) is 0 Å². The molecule has 0 aliphatic rings. The lowest BCUT2D eigenvalue weighted by molar-refractivity contribution is -0.139. The third-order valence-electron chi connectivity index (χ3n) is 5.50. The summed E-state index contributed by atoms with van der Waals surface area (Å²) in [5.74, 6) is -1.40. The monoisotopic (exact) mass is 556 g/mol. The van der Waals surface area contributed by atoms with Crippen molar-refractivity contribution in [3.63, 3.8) is 0 Å². The summed E-state index contributed by atoms with van der Waals surface area (Å²) < 4.78 is 11.1. The van der Waals surface area contributed by atoms with Gasteiger partial charge >= 0.3 is 5.97 Å². The van der Waals surface area contributed by atoms with Gasteiger partial charge in [0.1, 0.15) is 11.9 Å². The van der Waals surface area contributed by atoms with E-state index in [1.54, 1.807) is 49.4 Å². The van der Waals surface area contributed by atoms with Crippen LogP contribution in [-0.4, -0.2) is 52.9 Å². The molecule has 206 valence electrons. The number of amidine groups is 1. The minimum absolute atomic E-state index is 0.0379. The lowest BCUT2D eigenvalue weighted by atomic mass is 10.0. The van der Waals surface area contributed by atoms with Gasteiger partial charge in [-0.15, -0.1) is 0 Å². The summed E-state index contributed by atoms with van der Waals surface area (Å²) in [5, 5.41) is 42.5. The van der Waals surface area contributed by atoms with Crippen LogP contribution in [0, 0.1) is 5.41 Å². The first-order valence-corrected chi connectivity index (χ1v) is 12.2. The molecule has 0 spiro atoms. The highest BCUT2D eigenvalue weighted by Gasteiger charge is 2.20. The summed E-state index contributed by atoms with van der Waals surface area (Å²) in [6, 6.07) is 14.2. The van der Waals surface area contributed by atoms with Gasteiger partial charge in [-0.05, 0) is 67.1 Å². The number of aliphatic hydroxyl groups is 2. The Balaban J connectivity index is 1.92. The summed E-state index contributed by atoms with van der Waals surface area (Å²) in [7, 11) is 0. The maximum atomic E-state index is 13.1. The average molecular weight is 557 g/mol. The van der Waals surface area contributed by atoms with E-state index in [0.29, 0.717) is 33.1 Å². The lowest BCUT2D eigenvalue weighted by Gasteiger charge is -2.20. The van der Waals surface area contributed by atoms with Crippen molar-refractivity contribution in [3.05, 3.63) is 81.9 Å². The predicted octanol–water partition coefficient (Wildman–Crippen LogP) is 3.38. The van der Waals surface area contributed by atoms with Gasteiger partial charge < -0.3 is 41.2 Å². The molecule has 39 heavy (non-hydrogen) atoms. The molecule has 1 atom stereocenters. The van der Waals surface area contributed by atoms with E-state index in [1.165, 1.54) is 12.1 Å². The van der Waals surface area contributed by atoms with Crippen molar-refractivity contribution < 1.29 is 34.4 Å². The number of aliphatic carboxylic acids is 1. The van der Waals surface area contributed by atoms with Gasteiger partial charge in [0, 0.05) is 34.1 Å². The number of rotatable bonds is 13. The molecular weight excluding hydrogens is 528 g/mol. The van der Waals surface area contributed by atoms with E-state index in [9.17, 15) is 19.8 Å². The van der Waals surface area contributed by atoms with Crippen LogP contribution in [0.4, 0.5) is 11.4 Å². The number of carbonyl (C=O) groups is 2. The second kappa shape index (κ2) is 13.5. The number of benzene rings is 3. The van der Waals surface area contributed by atoms with Gasteiger partial charge in [-0.2, -0.15) is 0 Å². The molecule has 3 rings (SSSR count). The van der Waals surface area contributed by atoms with Crippen LogP contribution >= 0.6 is 11.6 Å². The zero-order valence-electron chi connectivity index (χ0n) is 21.0. The topological polar surface area (TPSA) is 187 Å². The summed E-state index contributed by atoms with van der Waals surface area (Å²) in [6.07, 6.45) is -1.21. The number of nitrogen functional groups attached to an aromatic ring is 1. The number of carbonyl (C=O) groups excluding carboxylic acids is 1. The van der Waals surface area contributed by atoms with Gasteiger partial charge in [-0.1, -0.05) is 11.6 Å². The van der Waals surface area contributed by atoms with Crippen LogP contribution in [0.15, 0.2) is 54.6 Å². The Bertz CT molecular complexity index is 1350. The van der Waals surface area contributed by atoms with Crippen molar-refractivity contribution in [2.75, 3.05) is 30.5 Å². The highest BCUT2D eigenvalue weighted by Crippen LogP contribution is 2.36. The molecule has 0 radical (unpaired) electrons. The van der Waals surface area contributed by atoms with Crippen LogP contribution in [0.3, 0.4) is 0 Å². The Morgan fingerprint density at radius 2 is 1.82 bits per heavy atom. The van der Waals surface area contributed by atoms with Gasteiger partial charge in [0.2, 0.25) is 0 Å². The van der Waals surface area contributed by atoms with E-state index in [2.05, 4.69) is 10.6 Å². The first-order valence-electron chi connectivity index (χ1n) is 11.8. The van der Waals surface area contributed by atoms with Crippen LogP contribution in [0.2, 0.25) is 5.02 Å². The highest BCUT2D eigenvalue weighted by atomic mass is 35.5. The number of hydrogen-bond donors (Lipinski definition) is 7. The smallest absolute Gasteiger partial charge is 0.341 e. The quantitative estimate of drug-likeness (QED) is 0.122. The number of ether oxygens (including phenoxy) is 2. The van der Waals surface area contributed by atoms with Crippen LogP contribution in [0.5, 0.6) is 11.5 Å². The van der Waals surface area contributed by atoms with Gasteiger partial charge in [-0.3, -0.25) is 10.2 Å². The maximum absolute atomic E-state index is 13.1. The molecule has 0 aromatic heterocycles. The number of nitrogens with one attached hydrogen (secondary N) is 3. The molecule has 8 N–H and O–H groups in total. The van der Waals surface area contributed by atoms with Crippen LogP contribution in [0.1, 0.15) is 40.1 Å². The predicted molar refractivity (Wildman–Crippen MR) is 147 cm³/mol. The van der Waals surface area contributed by atoms with E-state index in [0.717, 1.165) is 0 Å². The Kier molecular flexibility index (Phi) is 10.1. The molecule has 0 aliphatic heterocycles. The number of carboxylic acid groups (broad SMARTS) is 1. The molecule has 0 heterocycles. The molecule has 0 saturated carbocycles. The number of aliphatic hydroxyl groups excluding tert-OH is 2. The van der Waals surface area contributed by atoms with Gasteiger partial charge in [0.25, 0.3) is 5.91 Å². The van der Waals surface area contributed by atoms with Crippen molar-refractivity contribution in [3.8, 4) is 11.5 Å². The van der Waals surface area contributed by atoms with E-state index >= 15 is 0 Å². The molecule has 1 unspecified atom stereocenters. The molecule has 0 saturated heterocycles. The fraction of sp³-hybridized carbons (Fsp3) is 0.222. The SMILES string of the molecule is CCOc1cc(C(O)CO)cc(CNc2ccc(Cl)cc2C(=O)Nc2ccc(C(=N)N)cc2)c1OCC(=O)O. The fourth-order valence-corrected chi connectivity index (χ4v) is 3.83. The Hall–Kier alpha value is -4.32. The maximum Gasteiger partial charge on any atom is 0.341 e. The van der Waals surface area contributed by atoms with E-state index < -0.39 is 31.2 Å². The average Bonchev–Trinajstić information content (AvgIpc) is 2.91. The van der Waals surface area contributed by atoms with Gasteiger partial charge in [0.15, 0.2) is 18.1 Å². The number of hydrogen-bond acceptors (Lipinski definition) is 8. The molecule has 1 amide bonds. The van der Waals surface area contributed by atoms with Crippen LogP contribution in [0.25, 0.3) is 0 Å². The van der Waals surface area contributed by atoms with Crippen molar-refractivity contribution >= 4 is 40.7 Å². The third kappa shape index (κ3) is 7.84. The van der Waals surface area contributed by atoms with Crippen molar-refractivity contribution in [1.29, 1.82) is 5.41 Å². The highest BCUT2D eigenvalue weighted by molar-refractivity contribution is 6.31. The van der Waals surface area contributed by atoms with Crippen molar-refractivity contribution in [2.45, 2.75) is 19.6 Å². The molecule has 3 aromatic carbocycles. The molecule has 0 aliphatic carbocycles. The molecule has 3 aromatic rings. The minimum Gasteiger partial charge on any atom is -0.490 e. The summed E-state index contributed by atoms with van der Waals surface area (Å²) in [4.78, 5) is 24.3. The molecule has 11 nitrogen and oxygen atoms in total. The number of amides is 1. The van der Waals surface area contributed by atoms with Gasteiger partial charge in [0.05, 0.1) is 18.8 Å². The van der Waals surface area contributed by atoms with Crippen LogP contribution in [-0.2, 0) is 11.3 Å². The third-order valence-corrected chi connectivity index (χ3v) is 5.74. The molecule has 0 fully saturated rings. The Morgan fingerprint density at radius 1 is 1.10 bits per heavy atom. The first-order chi connectivity index (χ1) is 18.6. The largest absolute Gasteiger partial charge is 0.490 e. The van der Waals surface area contributed by atoms with E-state index in [1.807, 2.05) is 0 Å². The van der Waals surface area contributed by atoms with E-state index in [-0.39, 0.29) is 36.0 Å². The summed E-state index contributed by atoms with van der Waals surface area (Å²) in [5.41, 5.74) is 7.86. The standard InChI is InChI=1S/C27H29ClN4O7/c1-2-38-23-10-16(22(34)13-33)9-17(25(23)39-14-24(35)36)12-31-21-8-5-18(28)11-20(21)27(37)32-19-6-3-15(4-7-19)26(29)30/h3-11,22,31,33-34H,2,12-14H2,1H3,(H3,29,30)(H,32,37)(H,35,36). The lowest BCUT2D eigenvalue weighted by Crippen LogP contribution is -2.17. The van der Waals surface area contributed by atoms with Gasteiger partial charge in [-0.25, -0.2) is 4.79 Å². The second-order valence-corrected chi connectivity index (χ2v) is 8.75. The number of carboxylic acids is 1. The fourth-order valence-electron chi connectivity index (χ4n) is 3.65. The minimum atomic E-state index is -1.21. The number of anilines is 2. The Morgan fingerprint density at radius 3 is 2.44 bits per heavy atom. The zero-order chi connectivity index (χ0) is 28.5. The number of nitrogens with two attached hydrogens (primary N) is 1. The summed E-state index contributed by atoms with van der Waals surface area (Å²) >= 11 is 6.17. The zero-order valence-corrected chi connectivity index (χ0v) is 21.8. The van der Waals surface area contributed by atoms with Crippen molar-refractivity contribution in [2.24, 2.45) is 5.73 Å². The summed E-state index contributed by atoms with van der Waals surface area (Å²) in [6.45, 7) is 0.842. The van der Waals surface area contributed by atoms with E-state index in [4.69, 9.17) is 37.3 Å². The number of halogens is 1. The molecule has 12 heteroatoms. The molecule has 0 bridgehead atoms. The first kappa shape index (κ1) is 29.2. The van der Waals surface area contributed by atoms with Crippen LogP contribution < -0.4 is 25.8 Å². The molecular formula is C27H29ClN4O7. The second-order valence-electron chi connectivity index (χ2n) is 8.31. The Labute approximate surface area is 229 Å².